The largest absolute Gasteiger partial charge is 0.497 e. The van der Waals surface area contributed by atoms with Crippen molar-refractivity contribution in [1.82, 2.24) is 0 Å². The van der Waals surface area contributed by atoms with E-state index in [0.29, 0.717) is 6.42 Å². The van der Waals surface area contributed by atoms with E-state index in [2.05, 4.69) is 6.58 Å². The topological polar surface area (TPSA) is 38.7 Å². The Hall–Kier alpha value is -1.48. The van der Waals surface area contributed by atoms with Crippen molar-refractivity contribution in [2.75, 3.05) is 13.7 Å². The molecule has 0 bridgehead atoms. The monoisotopic (exact) mass is 208 g/mol. The first-order chi connectivity index (χ1) is 7.26. The van der Waals surface area contributed by atoms with E-state index in [1.165, 1.54) is 0 Å². The number of aliphatic hydroxyl groups is 1. The minimum atomic E-state index is -0.496. The van der Waals surface area contributed by atoms with Crippen LogP contribution in [-0.2, 0) is 0 Å². The van der Waals surface area contributed by atoms with Crippen molar-refractivity contribution in [3.05, 3.63) is 36.9 Å². The highest BCUT2D eigenvalue weighted by Gasteiger charge is 2.02. The van der Waals surface area contributed by atoms with Gasteiger partial charge in [0, 0.05) is 0 Å². The zero-order valence-electron chi connectivity index (χ0n) is 8.85. The molecule has 0 saturated carbocycles. The van der Waals surface area contributed by atoms with Gasteiger partial charge in [0.1, 0.15) is 18.1 Å². The molecular weight excluding hydrogens is 192 g/mol. The van der Waals surface area contributed by atoms with E-state index in [9.17, 15) is 5.11 Å². The Labute approximate surface area is 90.0 Å². The molecule has 0 aromatic heterocycles. The van der Waals surface area contributed by atoms with Gasteiger partial charge in [-0.2, -0.15) is 0 Å². The fourth-order valence-electron chi connectivity index (χ4n) is 1.12. The third-order valence-electron chi connectivity index (χ3n) is 1.94. The normalized spacial score (nSPS) is 11.9. The van der Waals surface area contributed by atoms with Crippen LogP contribution in [0.25, 0.3) is 0 Å². The average Bonchev–Trinajstić information content (AvgIpc) is 2.27. The molecule has 0 amide bonds. The lowest BCUT2D eigenvalue weighted by Crippen LogP contribution is -2.16. The molecule has 0 fully saturated rings. The molecule has 0 spiro atoms. The van der Waals surface area contributed by atoms with Crippen LogP contribution in [0.4, 0.5) is 0 Å². The lowest BCUT2D eigenvalue weighted by Gasteiger charge is -2.10. The number of benzene rings is 1. The van der Waals surface area contributed by atoms with Gasteiger partial charge in [-0.05, 0) is 30.7 Å². The average molecular weight is 208 g/mol. The van der Waals surface area contributed by atoms with E-state index in [4.69, 9.17) is 9.47 Å². The summed E-state index contributed by atoms with van der Waals surface area (Å²) in [4.78, 5) is 0. The molecule has 0 aliphatic heterocycles. The van der Waals surface area contributed by atoms with Crippen molar-refractivity contribution >= 4 is 0 Å². The maximum atomic E-state index is 9.39. The second kappa shape index (κ2) is 6.09. The van der Waals surface area contributed by atoms with Crippen LogP contribution in [0.15, 0.2) is 36.9 Å². The molecule has 0 saturated heterocycles. The summed E-state index contributed by atoms with van der Waals surface area (Å²) >= 11 is 0. The lowest BCUT2D eigenvalue weighted by atomic mass is 10.2. The number of rotatable bonds is 6. The van der Waals surface area contributed by atoms with Crippen molar-refractivity contribution in [3.8, 4) is 11.5 Å². The third-order valence-corrected chi connectivity index (χ3v) is 1.94. The highest BCUT2D eigenvalue weighted by Crippen LogP contribution is 2.17. The van der Waals surface area contributed by atoms with Gasteiger partial charge in [0.25, 0.3) is 0 Å². The summed E-state index contributed by atoms with van der Waals surface area (Å²) < 4.78 is 10.4. The van der Waals surface area contributed by atoms with E-state index >= 15 is 0 Å². The first kappa shape index (κ1) is 11.6. The molecule has 0 radical (unpaired) electrons. The fraction of sp³-hybridized carbons (Fsp3) is 0.333. The van der Waals surface area contributed by atoms with E-state index < -0.39 is 6.10 Å². The Morgan fingerprint density at radius 3 is 2.47 bits per heavy atom. The smallest absolute Gasteiger partial charge is 0.119 e. The van der Waals surface area contributed by atoms with E-state index in [1.54, 1.807) is 25.3 Å². The van der Waals surface area contributed by atoms with Crippen LogP contribution < -0.4 is 9.47 Å². The molecule has 3 heteroatoms. The second-order valence-electron chi connectivity index (χ2n) is 3.16. The minimum Gasteiger partial charge on any atom is -0.497 e. The zero-order chi connectivity index (χ0) is 11.1. The summed E-state index contributed by atoms with van der Waals surface area (Å²) in [5.41, 5.74) is 0. The minimum absolute atomic E-state index is 0.276. The predicted molar refractivity (Wildman–Crippen MR) is 59.3 cm³/mol. The van der Waals surface area contributed by atoms with Crippen molar-refractivity contribution < 1.29 is 14.6 Å². The van der Waals surface area contributed by atoms with Gasteiger partial charge in [0.15, 0.2) is 0 Å². The van der Waals surface area contributed by atoms with Crippen LogP contribution in [-0.4, -0.2) is 24.9 Å². The van der Waals surface area contributed by atoms with E-state index in [1.807, 2.05) is 12.1 Å². The highest BCUT2D eigenvalue weighted by atomic mass is 16.5. The molecule has 1 rings (SSSR count). The Morgan fingerprint density at radius 2 is 1.93 bits per heavy atom. The number of aliphatic hydroxyl groups excluding tert-OH is 1. The molecule has 3 nitrogen and oxygen atoms in total. The van der Waals surface area contributed by atoms with Crippen LogP contribution in [0.5, 0.6) is 11.5 Å². The SMILES string of the molecule is C=CCC(O)COc1ccc(OC)cc1. The summed E-state index contributed by atoms with van der Waals surface area (Å²) in [5.74, 6) is 1.51. The third kappa shape index (κ3) is 4.04. The Kier molecular flexibility index (Phi) is 4.71. The summed E-state index contributed by atoms with van der Waals surface area (Å²) in [5, 5.41) is 9.39. The summed E-state index contributed by atoms with van der Waals surface area (Å²) in [6.45, 7) is 3.82. The standard InChI is InChI=1S/C12H16O3/c1-3-4-10(13)9-15-12-7-5-11(14-2)6-8-12/h3,5-8,10,13H,1,4,9H2,2H3. The molecule has 1 unspecified atom stereocenters. The molecule has 1 atom stereocenters. The Balaban J connectivity index is 2.40. The molecule has 82 valence electrons. The van der Waals surface area contributed by atoms with Gasteiger partial charge < -0.3 is 14.6 Å². The summed E-state index contributed by atoms with van der Waals surface area (Å²) in [7, 11) is 1.61. The molecule has 0 aliphatic rings. The maximum Gasteiger partial charge on any atom is 0.119 e. The Morgan fingerprint density at radius 1 is 1.33 bits per heavy atom. The van der Waals surface area contributed by atoms with Crippen LogP contribution in [0.3, 0.4) is 0 Å². The van der Waals surface area contributed by atoms with Gasteiger partial charge in [-0.3, -0.25) is 0 Å². The number of hydrogen-bond acceptors (Lipinski definition) is 3. The first-order valence-electron chi connectivity index (χ1n) is 4.82. The number of hydrogen-bond donors (Lipinski definition) is 1. The fourth-order valence-corrected chi connectivity index (χ4v) is 1.12. The molecule has 0 aliphatic carbocycles. The lowest BCUT2D eigenvalue weighted by molar-refractivity contribution is 0.110. The highest BCUT2D eigenvalue weighted by molar-refractivity contribution is 5.31. The molecule has 15 heavy (non-hydrogen) atoms. The molecular formula is C12H16O3. The first-order valence-corrected chi connectivity index (χ1v) is 4.82. The van der Waals surface area contributed by atoms with Crippen molar-refractivity contribution in [1.29, 1.82) is 0 Å². The van der Waals surface area contributed by atoms with Gasteiger partial charge in [0.05, 0.1) is 13.2 Å². The van der Waals surface area contributed by atoms with Gasteiger partial charge >= 0.3 is 0 Å². The van der Waals surface area contributed by atoms with Gasteiger partial charge in [0.2, 0.25) is 0 Å². The number of methoxy groups -OCH3 is 1. The van der Waals surface area contributed by atoms with Gasteiger partial charge in [-0.15, -0.1) is 6.58 Å². The van der Waals surface area contributed by atoms with Crippen LogP contribution in [0.2, 0.25) is 0 Å². The quantitative estimate of drug-likeness (QED) is 0.727. The molecule has 1 aromatic rings. The van der Waals surface area contributed by atoms with Crippen LogP contribution in [0.1, 0.15) is 6.42 Å². The number of ether oxygens (including phenoxy) is 2. The maximum absolute atomic E-state index is 9.39. The van der Waals surface area contributed by atoms with E-state index in [0.717, 1.165) is 11.5 Å². The molecule has 0 heterocycles. The molecule has 1 aromatic carbocycles. The molecule has 1 N–H and O–H groups in total. The summed E-state index contributed by atoms with van der Waals surface area (Å²) in [6.07, 6.45) is 1.71. The Bertz CT molecular complexity index is 292. The summed E-state index contributed by atoms with van der Waals surface area (Å²) in [6, 6.07) is 7.24. The van der Waals surface area contributed by atoms with Crippen molar-refractivity contribution in [2.45, 2.75) is 12.5 Å². The van der Waals surface area contributed by atoms with Crippen molar-refractivity contribution in [2.24, 2.45) is 0 Å². The van der Waals surface area contributed by atoms with Crippen molar-refractivity contribution in [3.63, 3.8) is 0 Å². The second-order valence-corrected chi connectivity index (χ2v) is 3.16. The van der Waals surface area contributed by atoms with E-state index in [-0.39, 0.29) is 6.61 Å². The van der Waals surface area contributed by atoms with Crippen LogP contribution in [0, 0.1) is 0 Å². The zero-order valence-corrected chi connectivity index (χ0v) is 8.85. The van der Waals surface area contributed by atoms with Crippen LogP contribution >= 0.6 is 0 Å². The van der Waals surface area contributed by atoms with Gasteiger partial charge in [-0.1, -0.05) is 6.08 Å². The predicted octanol–water partition coefficient (Wildman–Crippen LogP) is 2.01. The van der Waals surface area contributed by atoms with Gasteiger partial charge in [-0.25, -0.2) is 0 Å².